The molecule has 6 nitrogen and oxygen atoms in total. The van der Waals surface area contributed by atoms with Crippen LogP contribution in [0.3, 0.4) is 0 Å². The molecule has 0 aliphatic rings. The van der Waals surface area contributed by atoms with Crippen LogP contribution in [0.5, 0.6) is 0 Å². The van der Waals surface area contributed by atoms with Crippen LogP contribution in [0, 0.1) is 0 Å². The van der Waals surface area contributed by atoms with Gasteiger partial charge in [0.25, 0.3) is 0 Å². The molecule has 65 heavy (non-hydrogen) atoms. The topological polar surface area (TPSA) is 78.9 Å². The van der Waals surface area contributed by atoms with Crippen LogP contribution < -0.4 is 0 Å². The summed E-state index contributed by atoms with van der Waals surface area (Å²) in [4.78, 5) is 38.0. The van der Waals surface area contributed by atoms with E-state index in [1.807, 2.05) is 0 Å². The highest BCUT2D eigenvalue weighted by Gasteiger charge is 2.19. The third-order valence-electron chi connectivity index (χ3n) is 11.7. The van der Waals surface area contributed by atoms with Crippen molar-refractivity contribution in [3.05, 3.63) is 72.9 Å². The van der Waals surface area contributed by atoms with Gasteiger partial charge in [-0.3, -0.25) is 14.4 Å². The molecule has 1 atom stereocenters. The van der Waals surface area contributed by atoms with Crippen LogP contribution in [0.25, 0.3) is 0 Å². The number of ether oxygens (including phenoxy) is 3. The molecule has 0 spiro atoms. The fourth-order valence-corrected chi connectivity index (χ4v) is 7.48. The van der Waals surface area contributed by atoms with Gasteiger partial charge in [-0.05, 0) is 109 Å². The molecule has 0 bridgehead atoms. The van der Waals surface area contributed by atoms with Crippen molar-refractivity contribution >= 4 is 17.9 Å². The molecule has 0 fully saturated rings. The van der Waals surface area contributed by atoms with Crippen molar-refractivity contribution in [2.75, 3.05) is 13.2 Å². The Bertz CT molecular complexity index is 1230. The van der Waals surface area contributed by atoms with E-state index in [0.717, 1.165) is 70.6 Å². The molecule has 0 radical (unpaired) electrons. The predicted octanol–water partition coefficient (Wildman–Crippen LogP) is 18.2. The van der Waals surface area contributed by atoms with Crippen molar-refractivity contribution in [1.29, 1.82) is 0 Å². The van der Waals surface area contributed by atoms with Crippen molar-refractivity contribution in [2.45, 2.75) is 271 Å². The van der Waals surface area contributed by atoms with Crippen LogP contribution in [0.15, 0.2) is 72.9 Å². The van der Waals surface area contributed by atoms with Gasteiger partial charge >= 0.3 is 17.9 Å². The van der Waals surface area contributed by atoms with Gasteiger partial charge in [-0.25, -0.2) is 0 Å². The molecular formula is C59H102O6. The van der Waals surface area contributed by atoms with Crippen molar-refractivity contribution in [3.8, 4) is 0 Å². The van der Waals surface area contributed by atoms with Crippen molar-refractivity contribution in [1.82, 2.24) is 0 Å². The summed E-state index contributed by atoms with van der Waals surface area (Å²) in [5, 5.41) is 0. The zero-order chi connectivity index (χ0) is 47.2. The predicted molar refractivity (Wildman–Crippen MR) is 279 cm³/mol. The Labute approximate surface area is 402 Å². The lowest BCUT2D eigenvalue weighted by Gasteiger charge is -2.18. The van der Waals surface area contributed by atoms with Crippen molar-refractivity contribution in [2.24, 2.45) is 0 Å². The first-order chi connectivity index (χ1) is 32.0. The summed E-state index contributed by atoms with van der Waals surface area (Å²) in [5.41, 5.74) is 0. The maximum absolute atomic E-state index is 12.8. The molecule has 0 unspecified atom stereocenters. The summed E-state index contributed by atoms with van der Waals surface area (Å²) in [6.07, 6.45) is 67.5. The van der Waals surface area contributed by atoms with Crippen molar-refractivity contribution < 1.29 is 28.6 Å². The number of carbonyl (C=O) groups excluding carboxylic acids is 3. The molecule has 0 heterocycles. The molecule has 0 aromatic rings. The number of rotatable bonds is 49. The minimum absolute atomic E-state index is 0.102. The lowest BCUT2D eigenvalue weighted by atomic mass is 10.1. The normalized spacial score (nSPS) is 12.6. The molecule has 0 amide bonds. The summed E-state index contributed by atoms with van der Waals surface area (Å²) in [6.45, 7) is 6.54. The third kappa shape index (κ3) is 51.7. The summed E-state index contributed by atoms with van der Waals surface area (Å²) in [5.74, 6) is -0.967. The highest BCUT2D eigenvalue weighted by Crippen LogP contribution is 2.14. The van der Waals surface area contributed by atoms with Gasteiger partial charge in [0.15, 0.2) is 6.10 Å². The van der Waals surface area contributed by atoms with Gasteiger partial charge in [-0.2, -0.15) is 0 Å². The number of carbonyl (C=O) groups is 3. The second-order valence-electron chi connectivity index (χ2n) is 18.1. The van der Waals surface area contributed by atoms with Gasteiger partial charge in [0.1, 0.15) is 13.2 Å². The molecule has 0 saturated carbocycles. The van der Waals surface area contributed by atoms with E-state index in [-0.39, 0.29) is 37.5 Å². The molecule has 374 valence electrons. The smallest absolute Gasteiger partial charge is 0.306 e. The zero-order valence-electron chi connectivity index (χ0n) is 42.7. The Kier molecular flexibility index (Phi) is 50.9. The Morgan fingerprint density at radius 3 is 0.969 bits per heavy atom. The van der Waals surface area contributed by atoms with E-state index in [0.29, 0.717) is 19.3 Å². The van der Waals surface area contributed by atoms with E-state index in [1.54, 1.807) is 0 Å². The van der Waals surface area contributed by atoms with Gasteiger partial charge in [0.05, 0.1) is 0 Å². The minimum Gasteiger partial charge on any atom is -0.462 e. The SMILES string of the molecule is CCCCC/C=C\C/C=C\C/C=C\C/C=C\CCCC(=O)O[C@@H](COC(=O)CCCCCCC/C=C\CCCCCC)COC(=O)CCCCCCCCC/C=C\CCCCCCCC. The number of hydrogen-bond donors (Lipinski definition) is 0. The fraction of sp³-hybridized carbons (Fsp3) is 0.746. The van der Waals surface area contributed by atoms with Crippen LogP contribution in [0.1, 0.15) is 265 Å². The summed E-state index contributed by atoms with van der Waals surface area (Å²) in [6, 6.07) is 0. The van der Waals surface area contributed by atoms with E-state index < -0.39 is 6.10 Å². The second kappa shape index (κ2) is 53.5. The van der Waals surface area contributed by atoms with Crippen LogP contribution in [-0.2, 0) is 28.6 Å². The van der Waals surface area contributed by atoms with E-state index in [9.17, 15) is 14.4 Å². The Hall–Kier alpha value is -3.15. The highest BCUT2D eigenvalue weighted by atomic mass is 16.6. The van der Waals surface area contributed by atoms with Gasteiger partial charge in [0.2, 0.25) is 0 Å². The first kappa shape index (κ1) is 61.9. The third-order valence-corrected chi connectivity index (χ3v) is 11.7. The molecule has 0 aromatic heterocycles. The number of allylic oxidation sites excluding steroid dienone is 12. The largest absolute Gasteiger partial charge is 0.462 e. The molecule has 0 N–H and O–H groups in total. The van der Waals surface area contributed by atoms with E-state index in [4.69, 9.17) is 14.2 Å². The molecule has 6 heteroatoms. The lowest BCUT2D eigenvalue weighted by molar-refractivity contribution is -0.167. The van der Waals surface area contributed by atoms with Crippen LogP contribution in [0.2, 0.25) is 0 Å². The Morgan fingerprint density at radius 2 is 0.569 bits per heavy atom. The molecule has 0 rings (SSSR count). The highest BCUT2D eigenvalue weighted by molar-refractivity contribution is 5.71. The zero-order valence-corrected chi connectivity index (χ0v) is 42.7. The molecule has 0 aliphatic heterocycles. The average molecular weight is 907 g/mol. The average Bonchev–Trinajstić information content (AvgIpc) is 3.30. The molecular weight excluding hydrogens is 805 g/mol. The number of unbranched alkanes of at least 4 members (excludes halogenated alkanes) is 26. The first-order valence-electron chi connectivity index (χ1n) is 27.4. The van der Waals surface area contributed by atoms with Gasteiger partial charge in [0, 0.05) is 19.3 Å². The first-order valence-corrected chi connectivity index (χ1v) is 27.4. The van der Waals surface area contributed by atoms with Crippen LogP contribution >= 0.6 is 0 Å². The van der Waals surface area contributed by atoms with Crippen LogP contribution in [-0.4, -0.2) is 37.2 Å². The monoisotopic (exact) mass is 907 g/mol. The van der Waals surface area contributed by atoms with Gasteiger partial charge in [-0.1, -0.05) is 209 Å². The van der Waals surface area contributed by atoms with E-state index in [2.05, 4.69) is 93.7 Å². The fourth-order valence-electron chi connectivity index (χ4n) is 7.48. The number of hydrogen-bond acceptors (Lipinski definition) is 6. The molecule has 0 aromatic carbocycles. The standard InChI is InChI=1S/C59H102O6/c1-4-7-10-13-16-19-22-25-27-29-31-34-37-40-43-46-49-52-58(61)64-55-56(54-63-57(60)51-48-45-42-39-36-33-24-21-18-15-12-9-6-3)65-59(62)53-50-47-44-41-38-35-32-30-28-26-23-20-17-14-11-8-5-2/h17,20-21,24-28,32,35,41,44,56H,4-16,18-19,22-23,29-31,33-34,36-40,42-43,45-55H2,1-3H3/b20-17-,24-21-,27-25-,28-26-,35-32-,44-41-/t56-/m0/s1. The maximum atomic E-state index is 12.8. The molecule has 0 saturated heterocycles. The summed E-state index contributed by atoms with van der Waals surface area (Å²) in [7, 11) is 0. The summed E-state index contributed by atoms with van der Waals surface area (Å²) < 4.78 is 16.8. The summed E-state index contributed by atoms with van der Waals surface area (Å²) >= 11 is 0. The van der Waals surface area contributed by atoms with Crippen LogP contribution in [0.4, 0.5) is 0 Å². The van der Waals surface area contributed by atoms with E-state index in [1.165, 1.54) is 148 Å². The Morgan fingerprint density at radius 1 is 0.308 bits per heavy atom. The van der Waals surface area contributed by atoms with Crippen molar-refractivity contribution in [3.63, 3.8) is 0 Å². The van der Waals surface area contributed by atoms with Gasteiger partial charge in [-0.15, -0.1) is 0 Å². The minimum atomic E-state index is -0.808. The maximum Gasteiger partial charge on any atom is 0.306 e. The number of esters is 3. The second-order valence-corrected chi connectivity index (χ2v) is 18.1. The lowest BCUT2D eigenvalue weighted by Crippen LogP contribution is -2.30. The van der Waals surface area contributed by atoms with Gasteiger partial charge < -0.3 is 14.2 Å². The van der Waals surface area contributed by atoms with E-state index >= 15 is 0 Å². The Balaban J connectivity index is 4.47. The molecule has 0 aliphatic carbocycles. The quantitative estimate of drug-likeness (QED) is 0.0262.